The van der Waals surface area contributed by atoms with Gasteiger partial charge < -0.3 is 9.15 Å². The van der Waals surface area contributed by atoms with Crippen LogP contribution in [0.4, 0.5) is 0 Å². The summed E-state index contributed by atoms with van der Waals surface area (Å²) in [5, 5.41) is 15.1. The third-order valence-corrected chi connectivity index (χ3v) is 5.70. The number of hydrogen-bond donors (Lipinski definition) is 1. The van der Waals surface area contributed by atoms with Gasteiger partial charge in [0.15, 0.2) is 11.2 Å². The molecule has 6 aromatic rings. The van der Waals surface area contributed by atoms with Crippen LogP contribution in [0, 0.1) is 0 Å². The largest absolute Gasteiger partial charge is 0.487 e. The van der Waals surface area contributed by atoms with E-state index in [1.165, 1.54) is 6.07 Å². The van der Waals surface area contributed by atoms with Gasteiger partial charge in [0.05, 0.1) is 16.6 Å². The Morgan fingerprint density at radius 2 is 1.78 bits per heavy atom. The van der Waals surface area contributed by atoms with Gasteiger partial charge in [-0.25, -0.2) is 10.1 Å². The average Bonchev–Trinajstić information content (AvgIpc) is 3.46. The van der Waals surface area contributed by atoms with Crippen LogP contribution < -0.4 is 10.2 Å². The third-order valence-electron chi connectivity index (χ3n) is 5.70. The molecule has 3 aromatic carbocycles. The lowest BCUT2D eigenvalue weighted by Gasteiger charge is -2.07. The Bertz CT molecular complexity index is 1770. The van der Waals surface area contributed by atoms with Crippen LogP contribution in [0.3, 0.4) is 0 Å². The Kier molecular flexibility index (Phi) is 5.51. The van der Waals surface area contributed by atoms with Crippen molar-refractivity contribution in [3.8, 4) is 17.3 Å². The molecule has 3 heterocycles. The van der Waals surface area contributed by atoms with Crippen molar-refractivity contribution >= 4 is 34.0 Å². The normalized spacial score (nSPS) is 11.4. The first-order valence-electron chi connectivity index (χ1n) is 11.3. The van der Waals surface area contributed by atoms with Crippen molar-refractivity contribution in [3.63, 3.8) is 0 Å². The number of benzene rings is 3. The van der Waals surface area contributed by atoms with Gasteiger partial charge in [0.1, 0.15) is 17.9 Å². The maximum absolute atomic E-state index is 12.5. The average molecular weight is 473 g/mol. The quantitative estimate of drug-likeness (QED) is 0.328. The predicted octanol–water partition coefficient (Wildman–Crippen LogP) is 5.27. The SMILES string of the molecule is O=c1cc(-c2nnn[nH]2)oc2cc(/C=C/c3cccc(OCc4ccc5ccccc5n4)c3)ccc12. The first-order chi connectivity index (χ1) is 17.7. The highest BCUT2D eigenvalue weighted by molar-refractivity contribution is 5.82. The molecule has 174 valence electrons. The smallest absolute Gasteiger partial charge is 0.215 e. The number of aromatic amines is 1. The summed E-state index contributed by atoms with van der Waals surface area (Å²) in [6.07, 6.45) is 3.93. The van der Waals surface area contributed by atoms with Crippen LogP contribution in [0.15, 0.2) is 94.1 Å². The van der Waals surface area contributed by atoms with Gasteiger partial charge in [-0.2, -0.15) is 0 Å². The molecule has 0 saturated carbocycles. The summed E-state index contributed by atoms with van der Waals surface area (Å²) in [5.41, 5.74) is 3.96. The second-order valence-corrected chi connectivity index (χ2v) is 8.17. The topological polar surface area (TPSA) is 107 Å². The van der Waals surface area contributed by atoms with Crippen LogP contribution in [0.25, 0.3) is 45.6 Å². The zero-order valence-corrected chi connectivity index (χ0v) is 19.0. The highest BCUT2D eigenvalue weighted by Crippen LogP contribution is 2.22. The minimum atomic E-state index is -0.163. The van der Waals surface area contributed by atoms with E-state index in [4.69, 9.17) is 9.15 Å². The van der Waals surface area contributed by atoms with E-state index in [2.05, 4.69) is 31.7 Å². The van der Waals surface area contributed by atoms with Crippen LogP contribution in [-0.4, -0.2) is 25.6 Å². The molecule has 1 N–H and O–H groups in total. The highest BCUT2D eigenvalue weighted by Gasteiger charge is 2.10. The van der Waals surface area contributed by atoms with Gasteiger partial charge in [0.2, 0.25) is 5.82 Å². The summed E-state index contributed by atoms with van der Waals surface area (Å²) in [6, 6.07) is 26.7. The molecule has 0 spiro atoms. The van der Waals surface area contributed by atoms with Crippen LogP contribution in [0.5, 0.6) is 5.75 Å². The van der Waals surface area contributed by atoms with E-state index in [1.54, 1.807) is 6.07 Å². The second-order valence-electron chi connectivity index (χ2n) is 8.17. The second kappa shape index (κ2) is 9.27. The van der Waals surface area contributed by atoms with E-state index in [-0.39, 0.29) is 11.2 Å². The fourth-order valence-electron chi connectivity index (χ4n) is 3.90. The van der Waals surface area contributed by atoms with E-state index in [0.717, 1.165) is 33.5 Å². The number of pyridine rings is 1. The van der Waals surface area contributed by atoms with Crippen molar-refractivity contribution in [1.82, 2.24) is 25.6 Å². The molecule has 0 aliphatic heterocycles. The third kappa shape index (κ3) is 4.47. The molecule has 6 rings (SSSR count). The molecule has 0 bridgehead atoms. The molecule has 0 amide bonds. The van der Waals surface area contributed by atoms with Crippen LogP contribution in [0.1, 0.15) is 16.8 Å². The molecule has 0 saturated heterocycles. The lowest BCUT2D eigenvalue weighted by atomic mass is 10.1. The maximum atomic E-state index is 12.5. The maximum Gasteiger partial charge on any atom is 0.215 e. The van der Waals surface area contributed by atoms with E-state index in [1.807, 2.05) is 78.9 Å². The molecule has 8 nitrogen and oxygen atoms in total. The van der Waals surface area contributed by atoms with E-state index < -0.39 is 0 Å². The van der Waals surface area contributed by atoms with Gasteiger partial charge in [0, 0.05) is 11.5 Å². The Hall–Kier alpha value is -5.11. The Labute approximate surface area is 204 Å². The number of para-hydroxylation sites is 1. The Morgan fingerprint density at radius 1 is 0.889 bits per heavy atom. The number of rotatable bonds is 6. The molecule has 3 aromatic heterocycles. The number of nitrogens with one attached hydrogen (secondary N) is 1. The fourth-order valence-corrected chi connectivity index (χ4v) is 3.90. The molecule has 0 unspecified atom stereocenters. The van der Waals surface area contributed by atoms with Gasteiger partial charge in [-0.3, -0.25) is 4.79 Å². The molecule has 0 aliphatic rings. The number of hydrogen-bond acceptors (Lipinski definition) is 7. The minimum Gasteiger partial charge on any atom is -0.487 e. The first-order valence-corrected chi connectivity index (χ1v) is 11.3. The van der Waals surface area contributed by atoms with Gasteiger partial charge >= 0.3 is 0 Å². The van der Waals surface area contributed by atoms with E-state index in [0.29, 0.717) is 23.4 Å². The fraction of sp³-hybridized carbons (Fsp3) is 0.0357. The first kappa shape index (κ1) is 21.4. The molecule has 0 atom stereocenters. The molecule has 0 aliphatic carbocycles. The van der Waals surface area contributed by atoms with Crippen LogP contribution in [0.2, 0.25) is 0 Å². The Balaban J connectivity index is 1.20. The van der Waals surface area contributed by atoms with E-state index >= 15 is 0 Å². The lowest BCUT2D eigenvalue weighted by molar-refractivity contribution is 0.302. The Morgan fingerprint density at radius 3 is 2.67 bits per heavy atom. The van der Waals surface area contributed by atoms with Gasteiger partial charge in [-0.15, -0.1) is 5.10 Å². The van der Waals surface area contributed by atoms with Crippen molar-refractivity contribution in [2.45, 2.75) is 6.61 Å². The monoisotopic (exact) mass is 473 g/mol. The number of H-pyrrole nitrogens is 1. The number of ether oxygens (including phenoxy) is 1. The van der Waals surface area contributed by atoms with Crippen molar-refractivity contribution in [2.24, 2.45) is 0 Å². The summed E-state index contributed by atoms with van der Waals surface area (Å²) in [4.78, 5) is 17.1. The lowest BCUT2D eigenvalue weighted by Crippen LogP contribution is -2.01. The zero-order valence-electron chi connectivity index (χ0n) is 19.0. The number of aromatic nitrogens is 5. The zero-order chi connectivity index (χ0) is 24.3. The number of tetrazole rings is 1. The van der Waals surface area contributed by atoms with Gasteiger partial charge in [0.25, 0.3) is 0 Å². The summed E-state index contributed by atoms with van der Waals surface area (Å²) in [7, 11) is 0. The van der Waals surface area contributed by atoms with Crippen molar-refractivity contribution < 1.29 is 9.15 Å². The van der Waals surface area contributed by atoms with Crippen LogP contribution >= 0.6 is 0 Å². The van der Waals surface area contributed by atoms with Gasteiger partial charge in [-0.1, -0.05) is 54.6 Å². The minimum absolute atomic E-state index is 0.163. The molecule has 8 heteroatoms. The summed E-state index contributed by atoms with van der Waals surface area (Å²) >= 11 is 0. The molecule has 0 fully saturated rings. The van der Waals surface area contributed by atoms with Gasteiger partial charge in [-0.05, 0) is 58.0 Å². The summed E-state index contributed by atoms with van der Waals surface area (Å²) in [5.74, 6) is 1.33. The number of nitrogens with zero attached hydrogens (tertiary/aromatic N) is 4. The molecular formula is C28H19N5O3. The predicted molar refractivity (Wildman–Crippen MR) is 137 cm³/mol. The molecule has 36 heavy (non-hydrogen) atoms. The summed E-state index contributed by atoms with van der Waals surface area (Å²) in [6.45, 7) is 0.380. The number of fused-ring (bicyclic) bond motifs is 2. The standard InChI is InChI=1S/C28H19N5O3/c34-25-16-27(28-30-32-33-31-28)36-26-15-19(10-13-23(25)26)9-8-18-4-3-6-22(14-18)35-17-21-12-11-20-5-1-2-7-24(20)29-21/h1-16H,17H2,(H,30,31,32,33)/b9-8+. The summed E-state index contributed by atoms with van der Waals surface area (Å²) < 4.78 is 11.9. The molecular weight excluding hydrogens is 454 g/mol. The highest BCUT2D eigenvalue weighted by atomic mass is 16.5. The van der Waals surface area contributed by atoms with Crippen molar-refractivity contribution in [2.75, 3.05) is 0 Å². The van der Waals surface area contributed by atoms with Crippen molar-refractivity contribution in [3.05, 3.63) is 112 Å². The van der Waals surface area contributed by atoms with E-state index in [9.17, 15) is 4.79 Å². The van der Waals surface area contributed by atoms with Crippen LogP contribution in [-0.2, 0) is 6.61 Å². The molecule has 0 radical (unpaired) electrons. The van der Waals surface area contributed by atoms with Crippen molar-refractivity contribution in [1.29, 1.82) is 0 Å².